The number of aromatic nitrogens is 3. The van der Waals surface area contributed by atoms with Crippen LogP contribution in [0.2, 0.25) is 0 Å². The predicted octanol–water partition coefficient (Wildman–Crippen LogP) is 2.21. The fraction of sp³-hybridized carbons (Fsp3) is 0.118. The van der Waals surface area contributed by atoms with Crippen molar-refractivity contribution in [3.05, 3.63) is 72.1 Å². The van der Waals surface area contributed by atoms with Gasteiger partial charge in [0.2, 0.25) is 0 Å². The number of rotatable bonds is 5. The summed E-state index contributed by atoms with van der Waals surface area (Å²) < 4.78 is 5.66. The van der Waals surface area contributed by atoms with Crippen LogP contribution in [0.15, 0.2) is 60.8 Å². The highest BCUT2D eigenvalue weighted by molar-refractivity contribution is 5.94. The molecule has 0 atom stereocenters. The number of hydrogen-bond acceptors (Lipinski definition) is 4. The molecule has 0 unspecified atom stereocenters. The van der Waals surface area contributed by atoms with Crippen molar-refractivity contribution in [2.24, 2.45) is 0 Å². The first kappa shape index (κ1) is 14.8. The quantitative estimate of drug-likeness (QED) is 0.784. The molecule has 1 N–H and O–H groups in total. The van der Waals surface area contributed by atoms with Gasteiger partial charge < -0.3 is 10.1 Å². The van der Waals surface area contributed by atoms with Crippen molar-refractivity contribution in [1.29, 1.82) is 0 Å². The lowest BCUT2D eigenvalue weighted by molar-refractivity contribution is 0.0963. The Kier molecular flexibility index (Phi) is 4.33. The monoisotopic (exact) mass is 308 g/mol. The smallest absolute Gasteiger partial charge is 0.251 e. The maximum atomic E-state index is 11.5. The summed E-state index contributed by atoms with van der Waals surface area (Å²) in [6.45, 7) is 0.312. The summed E-state index contributed by atoms with van der Waals surface area (Å²) in [5, 5.41) is 11.2. The van der Waals surface area contributed by atoms with Gasteiger partial charge in [0.15, 0.2) is 0 Å². The van der Waals surface area contributed by atoms with Crippen LogP contribution in [0.5, 0.6) is 5.75 Å². The molecule has 0 spiro atoms. The molecule has 3 rings (SSSR count). The molecule has 0 fully saturated rings. The number of amides is 1. The first-order chi connectivity index (χ1) is 11.3. The largest absolute Gasteiger partial charge is 0.487 e. The van der Waals surface area contributed by atoms with Crippen LogP contribution in [-0.2, 0) is 6.61 Å². The molecular weight excluding hydrogens is 292 g/mol. The Morgan fingerprint density at radius 1 is 1.13 bits per heavy atom. The summed E-state index contributed by atoms with van der Waals surface area (Å²) in [6, 6.07) is 16.6. The third-order valence-corrected chi connectivity index (χ3v) is 3.26. The molecule has 0 aliphatic rings. The number of carbonyl (C=O) groups is 1. The Morgan fingerprint density at radius 3 is 2.57 bits per heavy atom. The van der Waals surface area contributed by atoms with Crippen molar-refractivity contribution in [1.82, 2.24) is 20.3 Å². The van der Waals surface area contributed by atoms with Gasteiger partial charge >= 0.3 is 0 Å². The van der Waals surface area contributed by atoms with Gasteiger partial charge in [-0.2, -0.15) is 9.90 Å². The molecule has 0 radical (unpaired) electrons. The van der Waals surface area contributed by atoms with E-state index in [9.17, 15) is 4.79 Å². The minimum absolute atomic E-state index is 0.123. The van der Waals surface area contributed by atoms with E-state index in [0.717, 1.165) is 11.4 Å². The predicted molar refractivity (Wildman–Crippen MR) is 85.5 cm³/mol. The molecule has 6 nitrogen and oxygen atoms in total. The van der Waals surface area contributed by atoms with E-state index in [4.69, 9.17) is 4.74 Å². The first-order valence-electron chi connectivity index (χ1n) is 7.18. The van der Waals surface area contributed by atoms with E-state index in [0.29, 0.717) is 17.9 Å². The number of carbonyl (C=O) groups excluding carboxylic acids is 1. The fourth-order valence-corrected chi connectivity index (χ4v) is 2.05. The normalized spacial score (nSPS) is 10.3. The third kappa shape index (κ3) is 3.55. The van der Waals surface area contributed by atoms with E-state index in [1.807, 2.05) is 30.3 Å². The van der Waals surface area contributed by atoms with E-state index in [1.54, 1.807) is 42.3 Å². The molecule has 0 aliphatic heterocycles. The second-order valence-corrected chi connectivity index (χ2v) is 4.85. The number of para-hydroxylation sites is 1. The molecule has 3 aromatic rings. The molecule has 0 saturated heterocycles. The van der Waals surface area contributed by atoms with Gasteiger partial charge in [-0.05, 0) is 36.4 Å². The topological polar surface area (TPSA) is 69.0 Å². The zero-order valence-corrected chi connectivity index (χ0v) is 12.6. The van der Waals surface area contributed by atoms with Gasteiger partial charge in [-0.1, -0.05) is 18.2 Å². The van der Waals surface area contributed by atoms with Gasteiger partial charge in [-0.3, -0.25) is 4.79 Å². The molecule has 0 aliphatic carbocycles. The SMILES string of the molecule is CNC(=O)c1ccc(OCc2cnn(-c3ccccc3)n2)cc1. The molecule has 23 heavy (non-hydrogen) atoms. The average Bonchev–Trinajstić information content (AvgIpc) is 3.09. The zero-order chi connectivity index (χ0) is 16.1. The number of benzene rings is 2. The Labute approximate surface area is 133 Å². The first-order valence-corrected chi connectivity index (χ1v) is 7.18. The van der Waals surface area contributed by atoms with Crippen molar-refractivity contribution in [3.63, 3.8) is 0 Å². The summed E-state index contributed by atoms with van der Waals surface area (Å²) in [6.07, 6.45) is 1.67. The van der Waals surface area contributed by atoms with Gasteiger partial charge in [0, 0.05) is 12.6 Å². The highest BCUT2D eigenvalue weighted by Gasteiger charge is 2.05. The van der Waals surface area contributed by atoms with E-state index in [1.165, 1.54) is 0 Å². The number of ether oxygens (including phenoxy) is 1. The van der Waals surface area contributed by atoms with Gasteiger partial charge in [0.1, 0.15) is 18.1 Å². The Morgan fingerprint density at radius 2 is 1.87 bits per heavy atom. The van der Waals surface area contributed by atoms with Gasteiger partial charge in [-0.25, -0.2) is 0 Å². The molecule has 1 heterocycles. The second kappa shape index (κ2) is 6.74. The minimum Gasteiger partial charge on any atom is -0.487 e. The van der Waals surface area contributed by atoms with Crippen LogP contribution in [0, 0.1) is 0 Å². The van der Waals surface area contributed by atoms with Crippen molar-refractivity contribution in [3.8, 4) is 11.4 Å². The summed E-state index contributed by atoms with van der Waals surface area (Å²) >= 11 is 0. The lowest BCUT2D eigenvalue weighted by Crippen LogP contribution is -2.17. The van der Waals surface area contributed by atoms with Gasteiger partial charge in [0.25, 0.3) is 5.91 Å². The van der Waals surface area contributed by atoms with Crippen LogP contribution in [-0.4, -0.2) is 27.9 Å². The summed E-state index contributed by atoms with van der Waals surface area (Å²) in [7, 11) is 1.60. The van der Waals surface area contributed by atoms with Gasteiger partial charge in [-0.15, -0.1) is 5.10 Å². The van der Waals surface area contributed by atoms with E-state index >= 15 is 0 Å². The molecule has 0 bridgehead atoms. The lowest BCUT2D eigenvalue weighted by atomic mass is 10.2. The van der Waals surface area contributed by atoms with E-state index in [2.05, 4.69) is 15.5 Å². The van der Waals surface area contributed by atoms with Crippen LogP contribution in [0.1, 0.15) is 16.1 Å². The molecule has 1 amide bonds. The second-order valence-electron chi connectivity index (χ2n) is 4.85. The fourth-order valence-electron chi connectivity index (χ4n) is 2.05. The maximum Gasteiger partial charge on any atom is 0.251 e. The average molecular weight is 308 g/mol. The highest BCUT2D eigenvalue weighted by atomic mass is 16.5. The summed E-state index contributed by atoms with van der Waals surface area (Å²) in [5.74, 6) is 0.550. The van der Waals surface area contributed by atoms with Crippen LogP contribution < -0.4 is 10.1 Å². The Balaban J connectivity index is 1.63. The molecule has 6 heteroatoms. The molecule has 116 valence electrons. The van der Waals surface area contributed by atoms with Crippen LogP contribution in [0.25, 0.3) is 5.69 Å². The van der Waals surface area contributed by atoms with Crippen molar-refractivity contribution >= 4 is 5.91 Å². The van der Waals surface area contributed by atoms with Crippen molar-refractivity contribution in [2.45, 2.75) is 6.61 Å². The number of nitrogens with one attached hydrogen (secondary N) is 1. The Bertz CT molecular complexity index is 782. The third-order valence-electron chi connectivity index (χ3n) is 3.26. The van der Waals surface area contributed by atoms with Crippen LogP contribution >= 0.6 is 0 Å². The van der Waals surface area contributed by atoms with Crippen molar-refractivity contribution < 1.29 is 9.53 Å². The molecule has 0 saturated carbocycles. The summed E-state index contributed by atoms with van der Waals surface area (Å²) in [4.78, 5) is 13.0. The highest BCUT2D eigenvalue weighted by Crippen LogP contribution is 2.14. The maximum absolute atomic E-state index is 11.5. The molecular formula is C17H16N4O2. The van der Waals surface area contributed by atoms with E-state index in [-0.39, 0.29) is 5.91 Å². The Hall–Kier alpha value is -3.15. The standard InChI is InChI=1S/C17H16N4O2/c1-18-17(22)13-7-9-16(10-8-13)23-12-14-11-19-21(20-14)15-5-3-2-4-6-15/h2-11H,12H2,1H3,(H,18,22). The lowest BCUT2D eigenvalue weighted by Gasteiger charge is -2.05. The minimum atomic E-state index is -0.123. The molecule has 2 aromatic carbocycles. The number of nitrogens with zero attached hydrogens (tertiary/aromatic N) is 3. The summed E-state index contributed by atoms with van der Waals surface area (Å²) in [5.41, 5.74) is 2.22. The van der Waals surface area contributed by atoms with Gasteiger partial charge in [0.05, 0.1) is 11.9 Å². The van der Waals surface area contributed by atoms with E-state index < -0.39 is 0 Å². The zero-order valence-electron chi connectivity index (χ0n) is 12.6. The molecule has 1 aromatic heterocycles. The van der Waals surface area contributed by atoms with Crippen LogP contribution in [0.4, 0.5) is 0 Å². The van der Waals surface area contributed by atoms with Crippen molar-refractivity contribution in [2.75, 3.05) is 7.05 Å². The number of hydrogen-bond donors (Lipinski definition) is 1. The van der Waals surface area contributed by atoms with Crippen LogP contribution in [0.3, 0.4) is 0 Å².